The third kappa shape index (κ3) is 3.57. The van der Waals surface area contributed by atoms with Gasteiger partial charge in [-0.1, -0.05) is 31.2 Å². The highest BCUT2D eigenvalue weighted by atomic mass is 16.5. The number of carbonyl (C=O) groups excluding carboxylic acids is 1. The minimum atomic E-state index is -0.0994. The van der Waals surface area contributed by atoms with Crippen LogP contribution in [0.5, 0.6) is 0 Å². The fourth-order valence-corrected chi connectivity index (χ4v) is 2.20. The zero-order chi connectivity index (χ0) is 12.8. The Balaban J connectivity index is 1.72. The third-order valence-electron chi connectivity index (χ3n) is 3.41. The molecule has 1 aromatic carbocycles. The van der Waals surface area contributed by atoms with E-state index < -0.39 is 0 Å². The van der Waals surface area contributed by atoms with Crippen molar-refractivity contribution < 1.29 is 9.53 Å². The van der Waals surface area contributed by atoms with Gasteiger partial charge in [-0.3, -0.25) is 4.79 Å². The molecule has 2 rings (SSSR count). The highest BCUT2D eigenvalue weighted by Gasteiger charge is 2.22. The Morgan fingerprint density at radius 2 is 2.06 bits per heavy atom. The summed E-state index contributed by atoms with van der Waals surface area (Å²) < 4.78 is 5.29. The first-order valence-electron chi connectivity index (χ1n) is 6.77. The molecule has 1 heterocycles. The Kier molecular flexibility index (Phi) is 4.76. The molecule has 1 aliphatic heterocycles. The van der Waals surface area contributed by atoms with Gasteiger partial charge in [0.2, 0.25) is 0 Å². The molecule has 0 aliphatic carbocycles. The number of hydrogen-bond acceptors (Lipinski definition) is 3. The van der Waals surface area contributed by atoms with Crippen LogP contribution in [-0.4, -0.2) is 25.2 Å². The van der Waals surface area contributed by atoms with E-state index >= 15 is 0 Å². The van der Waals surface area contributed by atoms with Crippen LogP contribution in [0.4, 0.5) is 0 Å². The molecule has 3 heteroatoms. The van der Waals surface area contributed by atoms with Gasteiger partial charge in [-0.2, -0.15) is 0 Å². The second kappa shape index (κ2) is 6.55. The first-order valence-corrected chi connectivity index (χ1v) is 6.77. The molecule has 0 spiro atoms. The predicted octanol–water partition coefficient (Wildman–Crippen LogP) is 2.09. The van der Waals surface area contributed by atoms with Crippen LogP contribution in [0.25, 0.3) is 0 Å². The second-order valence-corrected chi connectivity index (χ2v) is 4.74. The average Bonchev–Trinajstić information content (AvgIpc) is 2.93. The van der Waals surface area contributed by atoms with E-state index in [9.17, 15) is 4.79 Å². The molecule has 0 bridgehead atoms. The molecule has 0 amide bonds. The molecule has 98 valence electrons. The summed E-state index contributed by atoms with van der Waals surface area (Å²) in [5, 5.41) is 3.15. The van der Waals surface area contributed by atoms with Crippen LogP contribution in [-0.2, 0) is 22.4 Å². The standard InChI is InChI=1S/C15H21NO2/c1-2-12-5-7-13(8-6-12)9-11-18-15(17)14-4-3-10-16-14/h5-8,14,16H,2-4,9-11H2,1H3. The minimum Gasteiger partial charge on any atom is -0.464 e. The van der Waals surface area contributed by atoms with Crippen LogP contribution in [0.2, 0.25) is 0 Å². The quantitative estimate of drug-likeness (QED) is 0.810. The molecule has 0 aromatic heterocycles. The highest BCUT2D eigenvalue weighted by Crippen LogP contribution is 2.08. The van der Waals surface area contributed by atoms with Gasteiger partial charge in [0, 0.05) is 6.42 Å². The third-order valence-corrected chi connectivity index (χ3v) is 3.41. The van der Waals surface area contributed by atoms with Crippen LogP contribution < -0.4 is 5.32 Å². The van der Waals surface area contributed by atoms with Crippen LogP contribution in [0, 0.1) is 0 Å². The summed E-state index contributed by atoms with van der Waals surface area (Å²) in [6, 6.07) is 8.42. The van der Waals surface area contributed by atoms with E-state index in [0.29, 0.717) is 6.61 Å². The van der Waals surface area contributed by atoms with E-state index in [0.717, 1.165) is 32.2 Å². The van der Waals surface area contributed by atoms with Gasteiger partial charge in [0.25, 0.3) is 0 Å². The van der Waals surface area contributed by atoms with Crippen molar-refractivity contribution in [1.82, 2.24) is 5.32 Å². The molecular weight excluding hydrogens is 226 g/mol. The lowest BCUT2D eigenvalue weighted by Gasteiger charge is -2.10. The Morgan fingerprint density at radius 3 is 2.67 bits per heavy atom. The largest absolute Gasteiger partial charge is 0.464 e. The zero-order valence-electron chi connectivity index (χ0n) is 10.9. The van der Waals surface area contributed by atoms with E-state index in [2.05, 4.69) is 36.5 Å². The molecule has 1 N–H and O–H groups in total. The SMILES string of the molecule is CCc1ccc(CCOC(=O)C2CCCN2)cc1. The van der Waals surface area contributed by atoms with Crippen molar-refractivity contribution in [1.29, 1.82) is 0 Å². The van der Waals surface area contributed by atoms with Gasteiger partial charge in [0.05, 0.1) is 6.61 Å². The average molecular weight is 247 g/mol. The fourth-order valence-electron chi connectivity index (χ4n) is 2.20. The maximum Gasteiger partial charge on any atom is 0.323 e. The van der Waals surface area contributed by atoms with Gasteiger partial charge in [0.15, 0.2) is 0 Å². The van der Waals surface area contributed by atoms with Crippen molar-refractivity contribution in [3.8, 4) is 0 Å². The molecule has 18 heavy (non-hydrogen) atoms. The number of nitrogens with one attached hydrogen (secondary N) is 1. The van der Waals surface area contributed by atoms with Crippen molar-refractivity contribution >= 4 is 5.97 Å². The maximum atomic E-state index is 11.7. The van der Waals surface area contributed by atoms with E-state index in [1.54, 1.807) is 0 Å². The van der Waals surface area contributed by atoms with E-state index in [1.165, 1.54) is 11.1 Å². The van der Waals surface area contributed by atoms with Crippen molar-refractivity contribution in [2.45, 2.75) is 38.6 Å². The van der Waals surface area contributed by atoms with Gasteiger partial charge in [-0.15, -0.1) is 0 Å². The van der Waals surface area contributed by atoms with Crippen LogP contribution in [0.3, 0.4) is 0 Å². The maximum absolute atomic E-state index is 11.7. The summed E-state index contributed by atoms with van der Waals surface area (Å²) in [7, 11) is 0. The van der Waals surface area contributed by atoms with Gasteiger partial charge >= 0.3 is 5.97 Å². The van der Waals surface area contributed by atoms with Gasteiger partial charge in [-0.25, -0.2) is 0 Å². The van der Waals surface area contributed by atoms with E-state index in [4.69, 9.17) is 4.74 Å². The molecule has 1 atom stereocenters. The van der Waals surface area contributed by atoms with Crippen molar-refractivity contribution in [3.63, 3.8) is 0 Å². The lowest BCUT2D eigenvalue weighted by atomic mass is 10.1. The molecule has 1 saturated heterocycles. The van der Waals surface area contributed by atoms with Crippen LogP contribution in [0.1, 0.15) is 30.9 Å². The first-order chi connectivity index (χ1) is 8.79. The number of rotatable bonds is 5. The van der Waals surface area contributed by atoms with Gasteiger partial charge in [-0.05, 0) is 36.9 Å². The molecule has 1 aliphatic rings. The Morgan fingerprint density at radius 1 is 1.33 bits per heavy atom. The fraction of sp³-hybridized carbons (Fsp3) is 0.533. The summed E-state index contributed by atoms with van der Waals surface area (Å²) >= 11 is 0. The molecule has 1 unspecified atom stereocenters. The summed E-state index contributed by atoms with van der Waals surface area (Å²) in [5.41, 5.74) is 2.56. The number of hydrogen-bond donors (Lipinski definition) is 1. The topological polar surface area (TPSA) is 38.3 Å². The molecule has 1 fully saturated rings. The molecule has 0 radical (unpaired) electrons. The highest BCUT2D eigenvalue weighted by molar-refractivity contribution is 5.76. The lowest BCUT2D eigenvalue weighted by Crippen LogP contribution is -2.32. The summed E-state index contributed by atoms with van der Waals surface area (Å²) in [6.07, 6.45) is 3.83. The Labute approximate surface area is 109 Å². The smallest absolute Gasteiger partial charge is 0.323 e. The number of benzene rings is 1. The zero-order valence-corrected chi connectivity index (χ0v) is 10.9. The molecular formula is C15H21NO2. The molecule has 1 aromatic rings. The number of carbonyl (C=O) groups is 1. The predicted molar refractivity (Wildman–Crippen MR) is 71.5 cm³/mol. The van der Waals surface area contributed by atoms with Crippen molar-refractivity contribution in [3.05, 3.63) is 35.4 Å². The Hall–Kier alpha value is -1.35. The Bertz CT molecular complexity index is 380. The first kappa shape index (κ1) is 13.1. The van der Waals surface area contributed by atoms with Crippen LogP contribution in [0.15, 0.2) is 24.3 Å². The molecule has 3 nitrogen and oxygen atoms in total. The summed E-state index contributed by atoms with van der Waals surface area (Å²) in [4.78, 5) is 11.7. The monoisotopic (exact) mass is 247 g/mol. The number of aryl methyl sites for hydroxylation is 1. The van der Waals surface area contributed by atoms with Crippen molar-refractivity contribution in [2.24, 2.45) is 0 Å². The van der Waals surface area contributed by atoms with Gasteiger partial charge in [0.1, 0.15) is 6.04 Å². The van der Waals surface area contributed by atoms with E-state index in [-0.39, 0.29) is 12.0 Å². The van der Waals surface area contributed by atoms with Gasteiger partial charge < -0.3 is 10.1 Å². The second-order valence-electron chi connectivity index (χ2n) is 4.74. The van der Waals surface area contributed by atoms with Crippen LogP contribution >= 0.6 is 0 Å². The summed E-state index contributed by atoms with van der Waals surface area (Å²) in [6.45, 7) is 3.55. The van der Waals surface area contributed by atoms with Crippen molar-refractivity contribution in [2.75, 3.05) is 13.2 Å². The summed E-state index contributed by atoms with van der Waals surface area (Å²) in [5.74, 6) is -0.0994. The number of esters is 1. The minimum absolute atomic E-state index is 0.0764. The normalized spacial score (nSPS) is 18.8. The van der Waals surface area contributed by atoms with E-state index in [1.807, 2.05) is 0 Å². The number of ether oxygens (including phenoxy) is 1. The lowest BCUT2D eigenvalue weighted by molar-refractivity contribution is -0.145. The molecule has 0 saturated carbocycles.